The number of hydrazine groups is 1. The fourth-order valence-corrected chi connectivity index (χ4v) is 5.26. The molecule has 0 aromatic heterocycles. The highest BCUT2D eigenvalue weighted by Crippen LogP contribution is 2.35. The Bertz CT molecular complexity index is 1200. The van der Waals surface area contributed by atoms with Gasteiger partial charge in [-0.3, -0.25) is 15.0 Å². The summed E-state index contributed by atoms with van der Waals surface area (Å²) < 4.78 is 0. The van der Waals surface area contributed by atoms with Gasteiger partial charge in [-0.1, -0.05) is 42.1 Å². The fourth-order valence-electron chi connectivity index (χ4n) is 4.49. The maximum Gasteiger partial charge on any atom is 0.234 e. The van der Waals surface area contributed by atoms with Gasteiger partial charge in [-0.15, -0.1) is 0 Å². The Labute approximate surface area is 203 Å². The summed E-state index contributed by atoms with van der Waals surface area (Å²) in [5.41, 5.74) is 11.9. The van der Waals surface area contributed by atoms with Crippen LogP contribution in [0.5, 0.6) is 0 Å². The summed E-state index contributed by atoms with van der Waals surface area (Å²) in [5, 5.41) is 10.3. The zero-order valence-corrected chi connectivity index (χ0v) is 20.2. The zero-order valence-electron chi connectivity index (χ0n) is 19.4. The summed E-state index contributed by atoms with van der Waals surface area (Å²) in [5.74, 6) is 0.0477. The Hall–Kier alpha value is -3.30. The highest BCUT2D eigenvalue weighted by atomic mass is 32.2. The average Bonchev–Trinajstić information content (AvgIpc) is 3.43. The van der Waals surface area contributed by atoms with Crippen LogP contribution in [-0.4, -0.2) is 44.7 Å². The van der Waals surface area contributed by atoms with E-state index >= 15 is 0 Å². The minimum Gasteiger partial charge on any atom is -0.325 e. The second-order valence-electron chi connectivity index (χ2n) is 8.88. The molecule has 1 saturated heterocycles. The average molecular weight is 477 g/mol. The third kappa shape index (κ3) is 4.41. The van der Waals surface area contributed by atoms with E-state index in [1.54, 1.807) is 24.3 Å². The second kappa shape index (κ2) is 9.15. The molecule has 5 rings (SSSR count). The Kier molecular flexibility index (Phi) is 6.05. The number of fused-ring (bicyclic) bond motifs is 3. The van der Waals surface area contributed by atoms with Gasteiger partial charge in [0, 0.05) is 23.7 Å². The molecule has 2 aromatic rings. The SMILES string of the molecule is CC(=O)c1cccc(NC(=O)CSC2=NNC3C4CC(c5ccc(C)c(C)c5)NN4C=CN23)c1. The van der Waals surface area contributed by atoms with Gasteiger partial charge in [0.2, 0.25) is 5.91 Å². The molecule has 1 amide bonds. The summed E-state index contributed by atoms with van der Waals surface area (Å²) in [7, 11) is 0. The van der Waals surface area contributed by atoms with Crippen molar-refractivity contribution in [2.75, 3.05) is 11.1 Å². The molecule has 3 aliphatic heterocycles. The molecule has 1 fully saturated rings. The third-order valence-corrected chi connectivity index (χ3v) is 7.49. The summed E-state index contributed by atoms with van der Waals surface area (Å²) in [6.45, 7) is 5.79. The first-order chi connectivity index (χ1) is 16.4. The van der Waals surface area contributed by atoms with Gasteiger partial charge in [-0.2, -0.15) is 5.10 Å². The highest BCUT2D eigenvalue weighted by Gasteiger charge is 2.44. The van der Waals surface area contributed by atoms with Crippen LogP contribution in [0, 0.1) is 13.8 Å². The predicted molar refractivity (Wildman–Crippen MR) is 135 cm³/mol. The van der Waals surface area contributed by atoms with Crippen molar-refractivity contribution in [3.05, 3.63) is 77.1 Å². The van der Waals surface area contributed by atoms with Crippen LogP contribution in [0.4, 0.5) is 5.69 Å². The largest absolute Gasteiger partial charge is 0.325 e. The van der Waals surface area contributed by atoms with Gasteiger partial charge in [0.15, 0.2) is 11.0 Å². The van der Waals surface area contributed by atoms with E-state index in [0.717, 1.165) is 11.6 Å². The predicted octanol–water partition coefficient (Wildman–Crippen LogP) is 3.49. The first kappa shape index (κ1) is 22.5. The van der Waals surface area contributed by atoms with Crippen LogP contribution in [0.3, 0.4) is 0 Å². The number of carbonyl (C=O) groups excluding carboxylic acids is 2. The molecule has 0 radical (unpaired) electrons. The smallest absolute Gasteiger partial charge is 0.234 e. The third-order valence-electron chi connectivity index (χ3n) is 6.52. The van der Waals surface area contributed by atoms with Crippen LogP contribution in [0.2, 0.25) is 0 Å². The summed E-state index contributed by atoms with van der Waals surface area (Å²) >= 11 is 1.39. The number of Topliss-reactive ketones (excluding diaryl/α,β-unsaturated/α-hetero) is 1. The lowest BCUT2D eigenvalue weighted by Crippen LogP contribution is -2.54. The number of rotatable bonds is 5. The first-order valence-corrected chi connectivity index (χ1v) is 12.3. The van der Waals surface area contributed by atoms with Crippen molar-refractivity contribution in [1.82, 2.24) is 20.8 Å². The number of nitrogens with one attached hydrogen (secondary N) is 3. The van der Waals surface area contributed by atoms with E-state index in [1.165, 1.54) is 35.4 Å². The maximum absolute atomic E-state index is 12.5. The van der Waals surface area contributed by atoms with Gasteiger partial charge >= 0.3 is 0 Å². The molecule has 0 saturated carbocycles. The number of nitrogens with zero attached hydrogens (tertiary/aromatic N) is 3. The number of hydrazone groups is 1. The molecule has 3 unspecified atom stereocenters. The maximum atomic E-state index is 12.5. The van der Waals surface area contributed by atoms with E-state index in [-0.39, 0.29) is 35.7 Å². The molecule has 3 aliphatic rings. The van der Waals surface area contributed by atoms with Gasteiger partial charge in [-0.05, 0) is 56.0 Å². The zero-order chi connectivity index (χ0) is 23.8. The molecule has 34 heavy (non-hydrogen) atoms. The van der Waals surface area contributed by atoms with Crippen molar-refractivity contribution in [1.29, 1.82) is 0 Å². The van der Waals surface area contributed by atoms with Crippen molar-refractivity contribution in [2.24, 2.45) is 5.10 Å². The molecule has 176 valence electrons. The molecular formula is C25H28N6O2S. The number of anilines is 1. The minimum absolute atomic E-state index is 0.00635. The standard InChI is InChI=1S/C25H28N6O2S/c1-15-7-8-19(11-16(15)2)21-13-22-24-27-28-25(30(24)9-10-31(22)29-21)34-14-23(33)26-20-6-4-5-18(12-20)17(3)32/h4-12,21-22,24,27,29H,13-14H2,1-3H3,(H,26,33). The van der Waals surface area contributed by atoms with Gasteiger partial charge in [-0.25, -0.2) is 5.43 Å². The fraction of sp³-hybridized carbons (Fsp3) is 0.320. The van der Waals surface area contributed by atoms with Gasteiger partial charge in [0.05, 0.1) is 17.8 Å². The normalized spacial score (nSPS) is 22.7. The van der Waals surface area contributed by atoms with Gasteiger partial charge in [0.25, 0.3) is 0 Å². The lowest BCUT2D eigenvalue weighted by atomic mass is 9.97. The van der Waals surface area contributed by atoms with Crippen LogP contribution < -0.4 is 16.2 Å². The monoisotopic (exact) mass is 476 g/mol. The van der Waals surface area contributed by atoms with Gasteiger partial charge in [0.1, 0.15) is 6.17 Å². The number of hydrogen-bond donors (Lipinski definition) is 3. The Morgan fingerprint density at radius 2 is 2.00 bits per heavy atom. The van der Waals surface area contributed by atoms with E-state index < -0.39 is 0 Å². The Morgan fingerprint density at radius 3 is 2.79 bits per heavy atom. The van der Waals surface area contributed by atoms with Crippen molar-refractivity contribution >= 4 is 34.3 Å². The highest BCUT2D eigenvalue weighted by molar-refractivity contribution is 8.14. The minimum atomic E-state index is -0.142. The number of benzene rings is 2. The van der Waals surface area contributed by atoms with Gasteiger partial charge < -0.3 is 15.2 Å². The molecule has 2 aromatic carbocycles. The first-order valence-electron chi connectivity index (χ1n) is 11.3. The number of hydrogen-bond acceptors (Lipinski definition) is 8. The van der Waals surface area contributed by atoms with Crippen molar-refractivity contribution < 1.29 is 9.59 Å². The van der Waals surface area contributed by atoms with E-state index in [9.17, 15) is 9.59 Å². The Morgan fingerprint density at radius 1 is 1.15 bits per heavy atom. The molecule has 3 atom stereocenters. The molecule has 9 heteroatoms. The number of amidine groups is 1. The number of ketones is 1. The number of carbonyl (C=O) groups is 2. The van der Waals surface area contributed by atoms with Crippen LogP contribution in [-0.2, 0) is 4.79 Å². The molecule has 3 N–H and O–H groups in total. The van der Waals surface area contributed by atoms with Crippen LogP contribution in [0.15, 0.2) is 60.0 Å². The molecule has 0 bridgehead atoms. The second-order valence-corrected chi connectivity index (χ2v) is 9.83. The number of amides is 1. The molecule has 8 nitrogen and oxygen atoms in total. The summed E-state index contributed by atoms with van der Waals surface area (Å²) in [6, 6.07) is 14.1. The Balaban J connectivity index is 1.18. The summed E-state index contributed by atoms with van der Waals surface area (Å²) in [4.78, 5) is 26.2. The van der Waals surface area contributed by atoms with E-state index in [2.05, 4.69) is 63.2 Å². The van der Waals surface area contributed by atoms with E-state index in [0.29, 0.717) is 11.3 Å². The van der Waals surface area contributed by atoms with Crippen molar-refractivity contribution in [3.63, 3.8) is 0 Å². The van der Waals surface area contributed by atoms with Crippen molar-refractivity contribution in [2.45, 2.75) is 45.4 Å². The van der Waals surface area contributed by atoms with E-state index in [4.69, 9.17) is 0 Å². The lowest BCUT2D eigenvalue weighted by molar-refractivity contribution is -0.113. The topological polar surface area (TPSA) is 89.1 Å². The lowest BCUT2D eigenvalue weighted by Gasteiger charge is -2.36. The summed E-state index contributed by atoms with van der Waals surface area (Å²) in [6.07, 6.45) is 4.99. The van der Waals surface area contributed by atoms with Crippen LogP contribution >= 0.6 is 11.8 Å². The molecule has 0 spiro atoms. The number of thioether (sulfide) groups is 1. The van der Waals surface area contributed by atoms with E-state index in [1.807, 2.05) is 12.4 Å². The van der Waals surface area contributed by atoms with Crippen molar-refractivity contribution in [3.8, 4) is 0 Å². The van der Waals surface area contributed by atoms with Crippen LogP contribution in [0.25, 0.3) is 0 Å². The van der Waals surface area contributed by atoms with Crippen LogP contribution in [0.1, 0.15) is 46.4 Å². The molecular weight excluding hydrogens is 448 g/mol. The molecule has 0 aliphatic carbocycles. The quantitative estimate of drug-likeness (QED) is 0.570. The number of aryl methyl sites for hydroxylation is 2. The molecule has 3 heterocycles.